The van der Waals surface area contributed by atoms with Crippen molar-refractivity contribution in [2.45, 2.75) is 32.1 Å². The molecule has 7 heteroatoms. The van der Waals surface area contributed by atoms with Crippen LogP contribution in [0.2, 0.25) is 0 Å². The monoisotopic (exact) mass is 292 g/mol. The second-order valence-electron chi connectivity index (χ2n) is 4.94. The molecule has 0 saturated carbocycles. The molecule has 6 nitrogen and oxygen atoms in total. The zero-order valence-electron chi connectivity index (χ0n) is 11.5. The van der Waals surface area contributed by atoms with Crippen LogP contribution in [0.5, 0.6) is 0 Å². The van der Waals surface area contributed by atoms with Crippen LogP contribution >= 0.6 is 0 Å². The molecule has 0 spiro atoms. The lowest BCUT2D eigenvalue weighted by molar-refractivity contribution is -0.140. The van der Waals surface area contributed by atoms with Crippen molar-refractivity contribution in [1.29, 1.82) is 0 Å². The van der Waals surface area contributed by atoms with Crippen LogP contribution in [0.25, 0.3) is 0 Å². The number of nitrogens with zero attached hydrogens (tertiary/aromatic N) is 1. The van der Waals surface area contributed by atoms with Crippen LogP contribution in [0.3, 0.4) is 0 Å². The summed E-state index contributed by atoms with van der Waals surface area (Å²) in [5, 5.41) is 0. The number of rotatable bonds is 7. The predicted molar refractivity (Wildman–Crippen MR) is 73.0 cm³/mol. The number of nitrogens with two attached hydrogens (primary N) is 1. The summed E-state index contributed by atoms with van der Waals surface area (Å²) < 4.78 is 30.3. The molecule has 0 aromatic carbocycles. The maximum atomic E-state index is 12.1. The number of methoxy groups -OCH3 is 1. The van der Waals surface area contributed by atoms with Gasteiger partial charge in [-0.1, -0.05) is 0 Å². The number of esters is 1. The van der Waals surface area contributed by atoms with Crippen LogP contribution in [-0.4, -0.2) is 51.2 Å². The Hall–Kier alpha value is -0.660. The van der Waals surface area contributed by atoms with Gasteiger partial charge in [0.2, 0.25) is 10.0 Å². The van der Waals surface area contributed by atoms with Crippen LogP contribution in [0.15, 0.2) is 0 Å². The quantitative estimate of drug-likeness (QED) is 0.683. The first-order chi connectivity index (χ1) is 8.99. The smallest absolute Gasteiger partial charge is 0.305 e. The molecular formula is C12H24N2O4S. The molecule has 0 amide bonds. The molecule has 1 aliphatic heterocycles. The lowest BCUT2D eigenvalue weighted by Crippen LogP contribution is -2.41. The molecule has 19 heavy (non-hydrogen) atoms. The highest BCUT2D eigenvalue weighted by atomic mass is 32.2. The number of carbonyl (C=O) groups is 1. The third-order valence-corrected chi connectivity index (χ3v) is 5.38. The average Bonchev–Trinajstić information content (AvgIpc) is 2.39. The van der Waals surface area contributed by atoms with E-state index in [2.05, 4.69) is 4.74 Å². The second-order valence-corrected chi connectivity index (χ2v) is 7.03. The van der Waals surface area contributed by atoms with Gasteiger partial charge in [0.15, 0.2) is 0 Å². The van der Waals surface area contributed by atoms with Crippen molar-refractivity contribution in [1.82, 2.24) is 4.31 Å². The number of ether oxygens (including phenoxy) is 1. The van der Waals surface area contributed by atoms with E-state index in [1.165, 1.54) is 7.11 Å². The van der Waals surface area contributed by atoms with Crippen LogP contribution in [0.1, 0.15) is 32.1 Å². The Morgan fingerprint density at radius 2 is 2.21 bits per heavy atom. The summed E-state index contributed by atoms with van der Waals surface area (Å²) in [7, 11) is -1.95. The highest BCUT2D eigenvalue weighted by molar-refractivity contribution is 7.89. The Morgan fingerprint density at radius 3 is 2.84 bits per heavy atom. The van der Waals surface area contributed by atoms with E-state index in [4.69, 9.17) is 5.73 Å². The van der Waals surface area contributed by atoms with Crippen LogP contribution in [-0.2, 0) is 19.6 Å². The first-order valence-corrected chi connectivity index (χ1v) is 8.35. The van der Waals surface area contributed by atoms with E-state index in [0.717, 1.165) is 19.3 Å². The lowest BCUT2D eigenvalue weighted by Gasteiger charge is -2.31. The van der Waals surface area contributed by atoms with Gasteiger partial charge in [-0.05, 0) is 38.1 Å². The molecule has 1 atom stereocenters. The normalized spacial score (nSPS) is 21.3. The SMILES string of the molecule is COC(=O)CCCS(=O)(=O)N1CCCC(CCN)C1. The molecule has 1 rings (SSSR count). The molecule has 0 bridgehead atoms. The Bertz CT molecular complexity index is 381. The molecule has 1 heterocycles. The molecule has 0 radical (unpaired) electrons. The maximum Gasteiger partial charge on any atom is 0.305 e. The second kappa shape index (κ2) is 7.81. The molecule has 0 aliphatic carbocycles. The molecule has 1 fully saturated rings. The van der Waals surface area contributed by atoms with Gasteiger partial charge in [-0.2, -0.15) is 0 Å². The van der Waals surface area contributed by atoms with E-state index in [0.29, 0.717) is 32.0 Å². The molecule has 2 N–H and O–H groups in total. The molecule has 0 aromatic rings. The summed E-state index contributed by atoms with van der Waals surface area (Å²) in [5.41, 5.74) is 5.52. The summed E-state index contributed by atoms with van der Waals surface area (Å²) in [6, 6.07) is 0. The van der Waals surface area contributed by atoms with E-state index in [1.54, 1.807) is 4.31 Å². The van der Waals surface area contributed by atoms with Gasteiger partial charge in [0, 0.05) is 19.5 Å². The number of carbonyl (C=O) groups excluding carboxylic acids is 1. The molecule has 1 aliphatic rings. The summed E-state index contributed by atoms with van der Waals surface area (Å²) >= 11 is 0. The van der Waals surface area contributed by atoms with E-state index in [1.807, 2.05) is 0 Å². The van der Waals surface area contributed by atoms with Crippen molar-refractivity contribution < 1.29 is 17.9 Å². The molecule has 112 valence electrons. The first-order valence-electron chi connectivity index (χ1n) is 6.74. The van der Waals surface area contributed by atoms with E-state index in [9.17, 15) is 13.2 Å². The minimum atomic E-state index is -3.25. The van der Waals surface area contributed by atoms with Gasteiger partial charge >= 0.3 is 5.97 Å². The van der Waals surface area contributed by atoms with Gasteiger partial charge in [0.05, 0.1) is 12.9 Å². The third kappa shape index (κ3) is 5.46. The Kier molecular flexibility index (Phi) is 6.74. The number of sulfonamides is 1. The highest BCUT2D eigenvalue weighted by Crippen LogP contribution is 2.22. The van der Waals surface area contributed by atoms with Crippen molar-refractivity contribution in [3.63, 3.8) is 0 Å². The van der Waals surface area contributed by atoms with Crippen molar-refractivity contribution in [3.05, 3.63) is 0 Å². The summed E-state index contributed by atoms with van der Waals surface area (Å²) in [6.45, 7) is 1.75. The highest BCUT2D eigenvalue weighted by Gasteiger charge is 2.28. The standard InChI is InChI=1S/C12H24N2O4S/c1-18-12(15)5-3-9-19(16,17)14-8-2-4-11(10-14)6-7-13/h11H,2-10,13H2,1H3. The van der Waals surface area contributed by atoms with Crippen LogP contribution in [0, 0.1) is 5.92 Å². The van der Waals surface area contributed by atoms with Crippen molar-refractivity contribution in [2.24, 2.45) is 11.7 Å². The number of hydrogen-bond donors (Lipinski definition) is 1. The maximum absolute atomic E-state index is 12.1. The predicted octanol–water partition coefficient (Wildman–Crippen LogP) is 0.330. The number of hydrogen-bond acceptors (Lipinski definition) is 5. The van der Waals surface area contributed by atoms with Gasteiger partial charge in [-0.25, -0.2) is 12.7 Å². The fourth-order valence-corrected chi connectivity index (χ4v) is 3.99. The molecular weight excluding hydrogens is 268 g/mol. The van der Waals surface area contributed by atoms with Gasteiger partial charge in [0.1, 0.15) is 0 Å². The third-order valence-electron chi connectivity index (χ3n) is 3.46. The van der Waals surface area contributed by atoms with Gasteiger partial charge in [-0.3, -0.25) is 4.79 Å². The topological polar surface area (TPSA) is 89.7 Å². The zero-order valence-corrected chi connectivity index (χ0v) is 12.3. The zero-order chi connectivity index (χ0) is 14.3. The lowest BCUT2D eigenvalue weighted by atomic mass is 9.96. The van der Waals surface area contributed by atoms with Gasteiger partial charge < -0.3 is 10.5 Å². The van der Waals surface area contributed by atoms with Crippen LogP contribution in [0.4, 0.5) is 0 Å². The van der Waals surface area contributed by atoms with Crippen molar-refractivity contribution in [2.75, 3.05) is 32.5 Å². The van der Waals surface area contributed by atoms with Crippen molar-refractivity contribution >= 4 is 16.0 Å². The fourth-order valence-electron chi connectivity index (χ4n) is 2.38. The minimum Gasteiger partial charge on any atom is -0.469 e. The average molecular weight is 292 g/mol. The number of piperidine rings is 1. The fraction of sp³-hybridized carbons (Fsp3) is 0.917. The summed E-state index contributed by atoms with van der Waals surface area (Å²) in [5.74, 6) is 0.0150. The molecule has 1 saturated heterocycles. The van der Waals surface area contributed by atoms with Crippen molar-refractivity contribution in [3.8, 4) is 0 Å². The van der Waals surface area contributed by atoms with Gasteiger partial charge in [-0.15, -0.1) is 0 Å². The molecule has 0 aromatic heterocycles. The first kappa shape index (κ1) is 16.4. The Morgan fingerprint density at radius 1 is 1.47 bits per heavy atom. The Balaban J connectivity index is 2.45. The summed E-state index contributed by atoms with van der Waals surface area (Å²) in [4.78, 5) is 11.0. The largest absolute Gasteiger partial charge is 0.469 e. The Labute approximate surface area is 115 Å². The minimum absolute atomic E-state index is 0.0114. The van der Waals surface area contributed by atoms with E-state index < -0.39 is 10.0 Å². The van der Waals surface area contributed by atoms with Crippen LogP contribution < -0.4 is 5.73 Å². The van der Waals surface area contributed by atoms with E-state index >= 15 is 0 Å². The molecule has 1 unspecified atom stereocenters. The van der Waals surface area contributed by atoms with Gasteiger partial charge in [0.25, 0.3) is 0 Å². The van der Waals surface area contributed by atoms with E-state index in [-0.39, 0.29) is 18.1 Å². The summed E-state index contributed by atoms with van der Waals surface area (Å²) in [6.07, 6.45) is 3.27.